The van der Waals surface area contributed by atoms with E-state index in [1.807, 2.05) is 0 Å². The lowest BCUT2D eigenvalue weighted by Crippen LogP contribution is -2.43. The van der Waals surface area contributed by atoms with Crippen molar-refractivity contribution in [2.45, 2.75) is 19.6 Å². The van der Waals surface area contributed by atoms with Gasteiger partial charge < -0.3 is 15.4 Å². The van der Waals surface area contributed by atoms with Gasteiger partial charge in [-0.1, -0.05) is 0 Å². The van der Waals surface area contributed by atoms with Crippen LogP contribution in [0.5, 0.6) is 0 Å². The summed E-state index contributed by atoms with van der Waals surface area (Å²) in [7, 11) is 0. The van der Waals surface area contributed by atoms with Gasteiger partial charge >= 0.3 is 0 Å². The van der Waals surface area contributed by atoms with Crippen molar-refractivity contribution in [1.29, 1.82) is 0 Å². The first-order valence-corrected chi connectivity index (χ1v) is 6.35. The molecule has 1 saturated heterocycles. The molecule has 1 aromatic rings. The van der Waals surface area contributed by atoms with Crippen LogP contribution in [0.1, 0.15) is 11.1 Å². The van der Waals surface area contributed by atoms with E-state index in [1.54, 1.807) is 11.3 Å². The molecule has 0 amide bonds. The predicted octanol–water partition coefficient (Wildman–Crippen LogP) is 1.13. The van der Waals surface area contributed by atoms with Gasteiger partial charge in [0.1, 0.15) is 0 Å². The van der Waals surface area contributed by atoms with Crippen molar-refractivity contribution in [1.82, 2.24) is 10.6 Å². The summed E-state index contributed by atoms with van der Waals surface area (Å²) in [6.07, 6.45) is 0.331. The molecule has 0 saturated carbocycles. The summed E-state index contributed by atoms with van der Waals surface area (Å²) in [5.74, 6) is 0. The summed E-state index contributed by atoms with van der Waals surface area (Å²) >= 11 is 1.77. The van der Waals surface area contributed by atoms with Crippen LogP contribution in [0.3, 0.4) is 0 Å². The zero-order valence-electron chi connectivity index (χ0n) is 9.08. The molecule has 2 heterocycles. The van der Waals surface area contributed by atoms with Crippen LogP contribution in [-0.2, 0) is 11.3 Å². The number of hydrogen-bond donors (Lipinski definition) is 2. The Labute approximate surface area is 94.8 Å². The van der Waals surface area contributed by atoms with E-state index in [0.717, 1.165) is 32.8 Å². The molecule has 0 aromatic carbocycles. The fraction of sp³-hybridized carbons (Fsp3) is 0.636. The monoisotopic (exact) mass is 226 g/mol. The maximum absolute atomic E-state index is 5.61. The number of aryl methyl sites for hydroxylation is 1. The molecule has 1 fully saturated rings. The van der Waals surface area contributed by atoms with E-state index in [-0.39, 0.29) is 0 Å². The number of hydrogen-bond acceptors (Lipinski definition) is 4. The van der Waals surface area contributed by atoms with Crippen molar-refractivity contribution in [3.8, 4) is 0 Å². The second-order valence-electron chi connectivity index (χ2n) is 3.91. The molecule has 2 N–H and O–H groups in total. The smallest absolute Gasteiger partial charge is 0.0824 e. The second kappa shape index (κ2) is 5.61. The molecule has 0 radical (unpaired) electrons. The topological polar surface area (TPSA) is 33.3 Å². The second-order valence-corrected chi connectivity index (χ2v) is 4.65. The Hall–Kier alpha value is -0.420. The van der Waals surface area contributed by atoms with Crippen molar-refractivity contribution >= 4 is 11.3 Å². The van der Waals surface area contributed by atoms with E-state index in [2.05, 4.69) is 28.3 Å². The fourth-order valence-electron chi connectivity index (χ4n) is 1.69. The van der Waals surface area contributed by atoms with Crippen molar-refractivity contribution in [2.24, 2.45) is 0 Å². The van der Waals surface area contributed by atoms with E-state index in [0.29, 0.717) is 6.10 Å². The van der Waals surface area contributed by atoms with Gasteiger partial charge in [-0.15, -0.1) is 0 Å². The highest BCUT2D eigenvalue weighted by Gasteiger charge is 2.12. The Morgan fingerprint density at radius 2 is 2.53 bits per heavy atom. The van der Waals surface area contributed by atoms with E-state index < -0.39 is 0 Å². The molecule has 1 aliphatic heterocycles. The Kier molecular flexibility index (Phi) is 4.14. The molecular formula is C11H18N2OS. The minimum Gasteiger partial charge on any atom is -0.374 e. The first-order valence-electron chi connectivity index (χ1n) is 5.41. The lowest BCUT2D eigenvalue weighted by Gasteiger charge is -2.23. The van der Waals surface area contributed by atoms with Crippen LogP contribution in [0.15, 0.2) is 10.8 Å². The van der Waals surface area contributed by atoms with Gasteiger partial charge in [-0.2, -0.15) is 11.3 Å². The number of nitrogens with one attached hydrogen (secondary N) is 2. The van der Waals surface area contributed by atoms with Crippen molar-refractivity contribution in [3.63, 3.8) is 0 Å². The maximum Gasteiger partial charge on any atom is 0.0824 e. The van der Waals surface area contributed by atoms with E-state index in [4.69, 9.17) is 4.74 Å². The molecule has 1 atom stereocenters. The zero-order valence-corrected chi connectivity index (χ0v) is 9.90. The summed E-state index contributed by atoms with van der Waals surface area (Å²) in [5, 5.41) is 11.2. The number of ether oxygens (including phenoxy) is 1. The Morgan fingerprint density at radius 1 is 1.60 bits per heavy atom. The first kappa shape index (κ1) is 11.1. The standard InChI is InChI=1S/C11H18N2OS/c1-9-7-15-8-10(9)4-13-6-11-5-12-2-3-14-11/h7-8,11-13H,2-6H2,1H3. The third kappa shape index (κ3) is 3.28. The highest BCUT2D eigenvalue weighted by Crippen LogP contribution is 2.12. The molecule has 1 aliphatic rings. The van der Waals surface area contributed by atoms with Crippen LogP contribution in [0.2, 0.25) is 0 Å². The molecule has 3 nitrogen and oxygen atoms in total. The van der Waals surface area contributed by atoms with Crippen LogP contribution < -0.4 is 10.6 Å². The average molecular weight is 226 g/mol. The Morgan fingerprint density at radius 3 is 3.20 bits per heavy atom. The van der Waals surface area contributed by atoms with Gasteiger partial charge in [0.05, 0.1) is 12.7 Å². The van der Waals surface area contributed by atoms with Crippen molar-refractivity contribution < 1.29 is 4.74 Å². The molecule has 15 heavy (non-hydrogen) atoms. The summed E-state index contributed by atoms with van der Waals surface area (Å²) in [6, 6.07) is 0. The Bertz CT molecular complexity index is 295. The number of thiophene rings is 1. The van der Waals surface area contributed by atoms with Crippen LogP contribution in [0.4, 0.5) is 0 Å². The minimum atomic E-state index is 0.331. The fourth-order valence-corrected chi connectivity index (χ4v) is 2.54. The number of rotatable bonds is 4. The van der Waals surface area contributed by atoms with Crippen LogP contribution >= 0.6 is 11.3 Å². The third-order valence-corrected chi connectivity index (χ3v) is 3.56. The molecular weight excluding hydrogens is 208 g/mol. The summed E-state index contributed by atoms with van der Waals surface area (Å²) in [4.78, 5) is 0. The van der Waals surface area contributed by atoms with Gasteiger partial charge in [0, 0.05) is 26.2 Å². The Balaban J connectivity index is 1.68. The molecule has 0 aliphatic carbocycles. The quantitative estimate of drug-likeness (QED) is 0.807. The van der Waals surface area contributed by atoms with Crippen LogP contribution in [0.25, 0.3) is 0 Å². The molecule has 0 bridgehead atoms. The van der Waals surface area contributed by atoms with Gasteiger partial charge in [-0.05, 0) is 28.8 Å². The van der Waals surface area contributed by atoms with Crippen molar-refractivity contribution in [3.05, 3.63) is 21.9 Å². The molecule has 84 valence electrons. The molecule has 0 spiro atoms. The molecule has 1 unspecified atom stereocenters. The predicted molar refractivity (Wildman–Crippen MR) is 63.4 cm³/mol. The summed E-state index contributed by atoms with van der Waals surface area (Å²) in [5.41, 5.74) is 2.79. The van der Waals surface area contributed by atoms with Crippen LogP contribution in [-0.4, -0.2) is 32.3 Å². The largest absolute Gasteiger partial charge is 0.374 e. The highest BCUT2D eigenvalue weighted by atomic mass is 32.1. The maximum atomic E-state index is 5.61. The first-order chi connectivity index (χ1) is 7.36. The zero-order chi connectivity index (χ0) is 10.5. The van der Waals surface area contributed by atoms with Gasteiger partial charge in [0.25, 0.3) is 0 Å². The van der Waals surface area contributed by atoms with Gasteiger partial charge in [-0.3, -0.25) is 0 Å². The van der Waals surface area contributed by atoms with Crippen molar-refractivity contribution in [2.75, 3.05) is 26.2 Å². The summed E-state index contributed by atoms with van der Waals surface area (Å²) < 4.78 is 5.61. The van der Waals surface area contributed by atoms with Gasteiger partial charge in [-0.25, -0.2) is 0 Å². The number of morpholine rings is 1. The van der Waals surface area contributed by atoms with Gasteiger partial charge in [0.15, 0.2) is 0 Å². The van der Waals surface area contributed by atoms with Gasteiger partial charge in [0.2, 0.25) is 0 Å². The SMILES string of the molecule is Cc1cscc1CNCC1CNCCO1. The molecule has 2 rings (SSSR count). The average Bonchev–Trinajstić information content (AvgIpc) is 2.66. The normalized spacial score (nSPS) is 21.8. The lowest BCUT2D eigenvalue weighted by molar-refractivity contribution is 0.0290. The van der Waals surface area contributed by atoms with E-state index >= 15 is 0 Å². The van der Waals surface area contributed by atoms with E-state index in [1.165, 1.54) is 11.1 Å². The third-order valence-electron chi connectivity index (χ3n) is 2.65. The molecule has 1 aromatic heterocycles. The lowest BCUT2D eigenvalue weighted by atomic mass is 10.2. The van der Waals surface area contributed by atoms with Crippen LogP contribution in [0, 0.1) is 6.92 Å². The molecule has 4 heteroatoms. The van der Waals surface area contributed by atoms with E-state index in [9.17, 15) is 0 Å². The highest BCUT2D eigenvalue weighted by molar-refractivity contribution is 7.08. The summed E-state index contributed by atoms with van der Waals surface area (Å²) in [6.45, 7) is 6.84. The minimum absolute atomic E-state index is 0.331.